The SMILES string of the molecule is COc1ccc(-n2nc3cc(C)c(NC(=O)c4ccccc4[N+](=O)[O-])cc3n2)cc1. The van der Waals surface area contributed by atoms with Crippen molar-refractivity contribution in [2.45, 2.75) is 6.92 Å². The lowest BCUT2D eigenvalue weighted by Gasteiger charge is -2.08. The Hall–Kier alpha value is -4.27. The summed E-state index contributed by atoms with van der Waals surface area (Å²) in [5.41, 5.74) is 3.00. The van der Waals surface area contributed by atoms with E-state index < -0.39 is 10.8 Å². The highest BCUT2D eigenvalue weighted by Gasteiger charge is 2.20. The van der Waals surface area contributed by atoms with Crippen LogP contribution in [0.15, 0.2) is 60.7 Å². The second kappa shape index (κ2) is 7.63. The smallest absolute Gasteiger partial charge is 0.282 e. The fourth-order valence-electron chi connectivity index (χ4n) is 3.05. The molecule has 0 aliphatic rings. The summed E-state index contributed by atoms with van der Waals surface area (Å²) in [4.78, 5) is 24.8. The first kappa shape index (κ1) is 19.1. The van der Waals surface area contributed by atoms with Crippen molar-refractivity contribution in [2.75, 3.05) is 12.4 Å². The maximum Gasteiger partial charge on any atom is 0.282 e. The van der Waals surface area contributed by atoms with E-state index in [-0.39, 0.29) is 11.3 Å². The average molecular weight is 403 g/mol. The largest absolute Gasteiger partial charge is 0.497 e. The van der Waals surface area contributed by atoms with Crippen molar-refractivity contribution in [1.29, 1.82) is 0 Å². The van der Waals surface area contributed by atoms with Crippen LogP contribution >= 0.6 is 0 Å². The summed E-state index contributed by atoms with van der Waals surface area (Å²) in [5.74, 6) is 0.165. The standard InChI is InChI=1S/C21H17N5O4/c1-13-11-18-19(24-25(23-18)14-7-9-15(30-2)10-8-14)12-17(13)22-21(27)16-5-3-4-6-20(16)26(28)29/h3-12H,1-2H3,(H,22,27). The molecule has 30 heavy (non-hydrogen) atoms. The van der Waals surface area contributed by atoms with Crippen molar-refractivity contribution < 1.29 is 14.5 Å². The zero-order valence-corrected chi connectivity index (χ0v) is 16.2. The van der Waals surface area contributed by atoms with Crippen LogP contribution in [0.25, 0.3) is 16.7 Å². The van der Waals surface area contributed by atoms with Crippen molar-refractivity contribution in [3.05, 3.63) is 81.9 Å². The number of fused-ring (bicyclic) bond motifs is 1. The molecular formula is C21H17N5O4. The van der Waals surface area contributed by atoms with Crippen LogP contribution in [0.4, 0.5) is 11.4 Å². The Labute approximate surface area is 171 Å². The zero-order chi connectivity index (χ0) is 21.3. The molecule has 0 spiro atoms. The number of anilines is 1. The van der Waals surface area contributed by atoms with E-state index in [4.69, 9.17) is 4.74 Å². The predicted molar refractivity (Wildman–Crippen MR) is 111 cm³/mol. The summed E-state index contributed by atoms with van der Waals surface area (Å²) in [5, 5.41) is 22.9. The van der Waals surface area contributed by atoms with Crippen molar-refractivity contribution in [3.63, 3.8) is 0 Å². The summed E-state index contributed by atoms with van der Waals surface area (Å²) >= 11 is 0. The molecule has 1 heterocycles. The van der Waals surface area contributed by atoms with Gasteiger partial charge in [0.05, 0.1) is 17.7 Å². The van der Waals surface area contributed by atoms with Crippen LogP contribution in [0, 0.1) is 17.0 Å². The lowest BCUT2D eigenvalue weighted by molar-refractivity contribution is -0.385. The molecule has 1 amide bonds. The van der Waals surface area contributed by atoms with Crippen LogP contribution in [0.2, 0.25) is 0 Å². The third-order valence-corrected chi connectivity index (χ3v) is 4.62. The number of hydrogen-bond acceptors (Lipinski definition) is 6. The number of nitro groups is 1. The molecular weight excluding hydrogens is 386 g/mol. The zero-order valence-electron chi connectivity index (χ0n) is 16.2. The molecule has 9 nitrogen and oxygen atoms in total. The average Bonchev–Trinajstić information content (AvgIpc) is 3.16. The van der Waals surface area contributed by atoms with Crippen molar-refractivity contribution in [1.82, 2.24) is 15.0 Å². The number of nitrogens with one attached hydrogen (secondary N) is 1. The number of nitro benzene ring substituents is 1. The summed E-state index contributed by atoms with van der Waals surface area (Å²) in [6, 6.07) is 16.6. The van der Waals surface area contributed by atoms with Gasteiger partial charge in [0.25, 0.3) is 11.6 Å². The number of benzene rings is 3. The Morgan fingerprint density at radius 1 is 1.07 bits per heavy atom. The molecule has 1 N–H and O–H groups in total. The molecule has 0 saturated carbocycles. The number of aromatic nitrogens is 3. The number of carbonyl (C=O) groups is 1. The second-order valence-electron chi connectivity index (χ2n) is 6.57. The van der Waals surface area contributed by atoms with Gasteiger partial charge in [-0.15, -0.1) is 10.2 Å². The van der Waals surface area contributed by atoms with Gasteiger partial charge in [-0.05, 0) is 55.0 Å². The Bertz CT molecular complexity index is 1260. The number of para-hydroxylation sites is 1. The molecule has 0 unspecified atom stereocenters. The number of rotatable bonds is 5. The second-order valence-corrected chi connectivity index (χ2v) is 6.57. The number of amides is 1. The van der Waals surface area contributed by atoms with Crippen molar-refractivity contribution >= 4 is 28.3 Å². The van der Waals surface area contributed by atoms with E-state index in [0.717, 1.165) is 17.0 Å². The molecule has 9 heteroatoms. The fraction of sp³-hybridized carbons (Fsp3) is 0.0952. The highest BCUT2D eigenvalue weighted by Crippen LogP contribution is 2.25. The van der Waals surface area contributed by atoms with E-state index in [0.29, 0.717) is 16.7 Å². The summed E-state index contributed by atoms with van der Waals surface area (Å²) in [7, 11) is 1.60. The molecule has 150 valence electrons. The highest BCUT2D eigenvalue weighted by molar-refractivity contribution is 6.08. The topological polar surface area (TPSA) is 112 Å². The fourth-order valence-corrected chi connectivity index (χ4v) is 3.05. The van der Waals surface area contributed by atoms with Crippen molar-refractivity contribution in [2.24, 2.45) is 0 Å². The van der Waals surface area contributed by atoms with Crippen LogP contribution < -0.4 is 10.1 Å². The molecule has 0 aliphatic heterocycles. The number of hydrogen-bond donors (Lipinski definition) is 1. The number of nitrogens with zero attached hydrogens (tertiary/aromatic N) is 4. The Balaban J connectivity index is 1.66. The maximum atomic E-state index is 12.6. The Morgan fingerprint density at radius 3 is 2.40 bits per heavy atom. The van der Waals surface area contributed by atoms with E-state index in [1.165, 1.54) is 23.0 Å². The van der Waals surface area contributed by atoms with E-state index in [2.05, 4.69) is 15.5 Å². The van der Waals surface area contributed by atoms with Gasteiger partial charge in [0.15, 0.2) is 0 Å². The van der Waals surface area contributed by atoms with Gasteiger partial charge in [0, 0.05) is 11.8 Å². The number of aryl methyl sites for hydroxylation is 1. The van der Waals surface area contributed by atoms with Gasteiger partial charge >= 0.3 is 0 Å². The third kappa shape index (κ3) is 3.55. The van der Waals surface area contributed by atoms with Gasteiger partial charge in [0.2, 0.25) is 0 Å². The normalized spacial score (nSPS) is 10.7. The van der Waals surface area contributed by atoms with Gasteiger partial charge in [0.1, 0.15) is 22.3 Å². The summed E-state index contributed by atoms with van der Waals surface area (Å²) < 4.78 is 5.16. The first-order valence-electron chi connectivity index (χ1n) is 9.03. The molecule has 1 aromatic heterocycles. The van der Waals surface area contributed by atoms with Crippen LogP contribution in [-0.2, 0) is 0 Å². The number of methoxy groups -OCH3 is 1. The highest BCUT2D eigenvalue weighted by atomic mass is 16.6. The van der Waals surface area contributed by atoms with Crippen LogP contribution in [0.1, 0.15) is 15.9 Å². The number of carbonyl (C=O) groups excluding carboxylic acids is 1. The quantitative estimate of drug-likeness (QED) is 0.399. The molecule has 0 aliphatic carbocycles. The minimum atomic E-state index is -0.578. The molecule has 4 aromatic rings. The van der Waals surface area contributed by atoms with Crippen molar-refractivity contribution in [3.8, 4) is 11.4 Å². The van der Waals surface area contributed by atoms with E-state index in [1.54, 1.807) is 25.3 Å². The Morgan fingerprint density at radius 2 is 1.73 bits per heavy atom. The lowest BCUT2D eigenvalue weighted by Crippen LogP contribution is -2.14. The van der Waals surface area contributed by atoms with E-state index in [9.17, 15) is 14.9 Å². The van der Waals surface area contributed by atoms with Crippen LogP contribution in [0.3, 0.4) is 0 Å². The van der Waals surface area contributed by atoms with Gasteiger partial charge in [-0.1, -0.05) is 12.1 Å². The van der Waals surface area contributed by atoms with E-state index >= 15 is 0 Å². The molecule has 3 aromatic carbocycles. The van der Waals surface area contributed by atoms with Gasteiger partial charge < -0.3 is 10.1 Å². The maximum absolute atomic E-state index is 12.6. The summed E-state index contributed by atoms with van der Waals surface area (Å²) in [6.07, 6.45) is 0. The first-order valence-corrected chi connectivity index (χ1v) is 9.03. The molecule has 0 atom stereocenters. The van der Waals surface area contributed by atoms with Gasteiger partial charge in [-0.2, -0.15) is 4.80 Å². The Kier molecular flexibility index (Phi) is 4.85. The molecule has 0 saturated heterocycles. The minimum absolute atomic E-state index is 0.0103. The van der Waals surface area contributed by atoms with Crippen LogP contribution in [-0.4, -0.2) is 32.9 Å². The van der Waals surface area contributed by atoms with E-state index in [1.807, 2.05) is 31.2 Å². The lowest BCUT2D eigenvalue weighted by atomic mass is 10.1. The predicted octanol–water partition coefficient (Wildman–Crippen LogP) is 3.90. The van der Waals surface area contributed by atoms with Gasteiger partial charge in [-0.25, -0.2) is 0 Å². The van der Waals surface area contributed by atoms with Gasteiger partial charge in [-0.3, -0.25) is 14.9 Å². The molecule has 0 bridgehead atoms. The molecule has 4 rings (SSSR count). The summed E-state index contributed by atoms with van der Waals surface area (Å²) in [6.45, 7) is 1.82. The third-order valence-electron chi connectivity index (χ3n) is 4.62. The minimum Gasteiger partial charge on any atom is -0.497 e. The van der Waals surface area contributed by atoms with Crippen LogP contribution in [0.5, 0.6) is 5.75 Å². The first-order chi connectivity index (χ1) is 14.5. The molecule has 0 fully saturated rings. The monoisotopic (exact) mass is 403 g/mol. The number of ether oxygens (including phenoxy) is 1. The molecule has 0 radical (unpaired) electrons.